The van der Waals surface area contributed by atoms with E-state index >= 15 is 0 Å². The number of benzene rings is 2. The lowest BCUT2D eigenvalue weighted by molar-refractivity contribution is 0.191. The molecule has 0 heterocycles. The van der Waals surface area contributed by atoms with E-state index in [0.717, 1.165) is 17.7 Å². The van der Waals surface area contributed by atoms with Crippen LogP contribution in [-0.4, -0.2) is 11.7 Å². The van der Waals surface area contributed by atoms with Crippen molar-refractivity contribution < 1.29 is 18.3 Å². The molecule has 2 N–H and O–H groups in total. The minimum atomic E-state index is -1.04. The average Bonchev–Trinajstić information content (AvgIpc) is 2.44. The second-order valence-corrected chi connectivity index (χ2v) is 5.51. The second kappa shape index (κ2) is 6.49. The van der Waals surface area contributed by atoms with E-state index in [2.05, 4.69) is 21.2 Å². The third-order valence-electron chi connectivity index (χ3n) is 3.08. The topological polar surface area (TPSA) is 32.3 Å². The Kier molecular flexibility index (Phi) is 4.90. The third kappa shape index (κ3) is 3.77. The summed E-state index contributed by atoms with van der Waals surface area (Å²) in [6.07, 6.45) is -1.04. The van der Waals surface area contributed by atoms with Gasteiger partial charge >= 0.3 is 0 Å². The number of hydrogen-bond acceptors (Lipinski definition) is 2. The first-order valence-electron chi connectivity index (χ1n) is 6.21. The zero-order valence-corrected chi connectivity index (χ0v) is 12.7. The predicted molar refractivity (Wildman–Crippen MR) is 78.6 cm³/mol. The first kappa shape index (κ1) is 15.9. The van der Waals surface area contributed by atoms with Crippen LogP contribution in [0.4, 0.5) is 18.9 Å². The van der Waals surface area contributed by atoms with Crippen molar-refractivity contribution in [2.75, 3.05) is 11.9 Å². The smallest absolute Gasteiger partial charge is 0.159 e. The fraction of sp³-hybridized carbons (Fsp3) is 0.200. The number of hydrogen-bond donors (Lipinski definition) is 2. The molecule has 0 bridgehead atoms. The van der Waals surface area contributed by atoms with Gasteiger partial charge in [-0.05, 0) is 58.2 Å². The fourth-order valence-corrected chi connectivity index (χ4v) is 2.34. The van der Waals surface area contributed by atoms with E-state index in [0.29, 0.717) is 10.2 Å². The van der Waals surface area contributed by atoms with Crippen molar-refractivity contribution in [3.05, 3.63) is 63.4 Å². The summed E-state index contributed by atoms with van der Waals surface area (Å²) in [4.78, 5) is 0. The summed E-state index contributed by atoms with van der Waals surface area (Å²) in [7, 11) is 0. The van der Waals surface area contributed by atoms with Crippen LogP contribution in [0.2, 0.25) is 0 Å². The monoisotopic (exact) mass is 359 g/mol. The maximum absolute atomic E-state index is 13.5. The molecule has 2 aromatic carbocycles. The SMILES string of the molecule is Cc1cc(Br)c(F)cc1NCC(O)c1ccc(F)c(F)c1. The minimum Gasteiger partial charge on any atom is -0.387 e. The van der Waals surface area contributed by atoms with Crippen LogP contribution in [0, 0.1) is 24.4 Å². The molecular formula is C15H13BrF3NO. The summed E-state index contributed by atoms with van der Waals surface area (Å²) in [5.74, 6) is -2.41. The van der Waals surface area contributed by atoms with Crippen molar-refractivity contribution in [3.63, 3.8) is 0 Å². The van der Waals surface area contributed by atoms with E-state index in [1.807, 2.05) is 0 Å². The molecule has 2 nitrogen and oxygen atoms in total. The van der Waals surface area contributed by atoms with Crippen molar-refractivity contribution >= 4 is 21.6 Å². The molecule has 2 rings (SSSR count). The number of aliphatic hydroxyl groups excluding tert-OH is 1. The molecule has 2 aromatic rings. The van der Waals surface area contributed by atoms with Gasteiger partial charge in [0.2, 0.25) is 0 Å². The zero-order valence-electron chi connectivity index (χ0n) is 11.1. The van der Waals surface area contributed by atoms with Gasteiger partial charge in [-0.2, -0.15) is 0 Å². The Hall–Kier alpha value is -1.53. The Bertz CT molecular complexity index is 664. The van der Waals surface area contributed by atoms with Crippen LogP contribution in [0.25, 0.3) is 0 Å². The summed E-state index contributed by atoms with van der Waals surface area (Å²) in [6, 6.07) is 6.12. The zero-order chi connectivity index (χ0) is 15.6. The fourth-order valence-electron chi connectivity index (χ4n) is 1.88. The van der Waals surface area contributed by atoms with Crippen LogP contribution < -0.4 is 5.32 Å². The van der Waals surface area contributed by atoms with Gasteiger partial charge in [-0.3, -0.25) is 0 Å². The van der Waals surface area contributed by atoms with E-state index in [9.17, 15) is 18.3 Å². The van der Waals surface area contributed by atoms with Crippen molar-refractivity contribution in [1.82, 2.24) is 0 Å². The number of halogens is 4. The van der Waals surface area contributed by atoms with Crippen LogP contribution in [0.15, 0.2) is 34.8 Å². The number of aryl methyl sites for hydroxylation is 1. The van der Waals surface area contributed by atoms with Gasteiger partial charge in [-0.25, -0.2) is 13.2 Å². The molecule has 0 aliphatic rings. The van der Waals surface area contributed by atoms with Crippen LogP contribution >= 0.6 is 15.9 Å². The van der Waals surface area contributed by atoms with Crippen molar-refractivity contribution in [2.45, 2.75) is 13.0 Å². The number of nitrogens with one attached hydrogen (secondary N) is 1. The van der Waals surface area contributed by atoms with Gasteiger partial charge < -0.3 is 10.4 Å². The highest BCUT2D eigenvalue weighted by molar-refractivity contribution is 9.10. The van der Waals surface area contributed by atoms with Crippen molar-refractivity contribution in [2.24, 2.45) is 0 Å². The normalized spacial score (nSPS) is 12.3. The van der Waals surface area contributed by atoms with E-state index in [-0.39, 0.29) is 12.1 Å². The van der Waals surface area contributed by atoms with Crippen LogP contribution in [0.3, 0.4) is 0 Å². The predicted octanol–water partition coefficient (Wildman–Crippen LogP) is 4.32. The molecule has 6 heteroatoms. The van der Waals surface area contributed by atoms with Crippen molar-refractivity contribution in [1.29, 1.82) is 0 Å². The molecule has 1 atom stereocenters. The quantitative estimate of drug-likeness (QED) is 0.851. The Balaban J connectivity index is 2.08. The molecule has 0 saturated carbocycles. The van der Waals surface area contributed by atoms with Crippen LogP contribution in [0.5, 0.6) is 0 Å². The molecule has 1 unspecified atom stereocenters. The first-order valence-corrected chi connectivity index (χ1v) is 7.00. The molecule has 112 valence electrons. The van der Waals surface area contributed by atoms with Crippen LogP contribution in [-0.2, 0) is 0 Å². The molecule has 0 saturated heterocycles. The number of rotatable bonds is 4. The highest BCUT2D eigenvalue weighted by atomic mass is 79.9. The van der Waals surface area contributed by atoms with Gasteiger partial charge in [0.05, 0.1) is 10.6 Å². The third-order valence-corrected chi connectivity index (χ3v) is 3.69. The lowest BCUT2D eigenvalue weighted by Gasteiger charge is -2.15. The molecule has 0 amide bonds. The molecule has 0 spiro atoms. The van der Waals surface area contributed by atoms with Gasteiger partial charge in [0, 0.05) is 12.2 Å². The Morgan fingerprint density at radius 3 is 2.48 bits per heavy atom. The molecule has 0 aromatic heterocycles. The Labute approximate surface area is 128 Å². The summed E-state index contributed by atoms with van der Waals surface area (Å²) in [6.45, 7) is 1.84. The molecule has 0 aliphatic heterocycles. The Morgan fingerprint density at radius 2 is 1.81 bits per heavy atom. The van der Waals surface area contributed by atoms with Gasteiger partial charge in [-0.15, -0.1) is 0 Å². The summed E-state index contributed by atoms with van der Waals surface area (Å²) in [5.41, 5.74) is 1.56. The standard InChI is InChI=1S/C15H13BrF3NO/c1-8-4-10(16)12(18)6-14(8)20-7-15(21)9-2-3-11(17)13(19)5-9/h2-6,15,20-21H,7H2,1H3. The second-order valence-electron chi connectivity index (χ2n) is 4.65. The maximum atomic E-state index is 13.5. The van der Waals surface area contributed by atoms with E-state index in [4.69, 9.17) is 0 Å². The number of anilines is 1. The lowest BCUT2D eigenvalue weighted by atomic mass is 10.1. The van der Waals surface area contributed by atoms with Gasteiger partial charge in [0.1, 0.15) is 5.82 Å². The van der Waals surface area contributed by atoms with Gasteiger partial charge in [0.25, 0.3) is 0 Å². The summed E-state index contributed by atoms with van der Waals surface area (Å²) >= 11 is 3.08. The molecule has 0 fully saturated rings. The average molecular weight is 360 g/mol. The first-order chi connectivity index (χ1) is 9.88. The van der Waals surface area contributed by atoms with E-state index in [1.165, 1.54) is 12.1 Å². The minimum absolute atomic E-state index is 0.0486. The maximum Gasteiger partial charge on any atom is 0.159 e. The molecule has 21 heavy (non-hydrogen) atoms. The highest BCUT2D eigenvalue weighted by Gasteiger charge is 2.12. The Morgan fingerprint density at radius 1 is 1.10 bits per heavy atom. The van der Waals surface area contributed by atoms with Gasteiger partial charge in [-0.1, -0.05) is 6.07 Å². The van der Waals surface area contributed by atoms with Crippen LogP contribution in [0.1, 0.15) is 17.2 Å². The number of aliphatic hydroxyl groups is 1. The molecular weight excluding hydrogens is 347 g/mol. The van der Waals surface area contributed by atoms with E-state index < -0.39 is 23.6 Å². The summed E-state index contributed by atoms with van der Waals surface area (Å²) < 4.78 is 39.7. The van der Waals surface area contributed by atoms with Gasteiger partial charge in [0.15, 0.2) is 11.6 Å². The summed E-state index contributed by atoms with van der Waals surface area (Å²) in [5, 5.41) is 12.8. The lowest BCUT2D eigenvalue weighted by Crippen LogP contribution is -2.13. The van der Waals surface area contributed by atoms with E-state index in [1.54, 1.807) is 13.0 Å². The molecule has 0 radical (unpaired) electrons. The molecule has 0 aliphatic carbocycles. The highest BCUT2D eigenvalue weighted by Crippen LogP contribution is 2.25. The van der Waals surface area contributed by atoms with Crippen molar-refractivity contribution in [3.8, 4) is 0 Å². The largest absolute Gasteiger partial charge is 0.387 e.